The summed E-state index contributed by atoms with van der Waals surface area (Å²) in [5, 5.41) is 8.15. The molecule has 3 heterocycles. The summed E-state index contributed by atoms with van der Waals surface area (Å²) >= 11 is 0. The summed E-state index contributed by atoms with van der Waals surface area (Å²) in [5.74, 6) is 0.296. The van der Waals surface area contributed by atoms with E-state index in [9.17, 15) is 9.59 Å². The summed E-state index contributed by atoms with van der Waals surface area (Å²) in [6.07, 6.45) is 4.21. The minimum absolute atomic E-state index is 0.198. The molecule has 0 aromatic carbocycles. The smallest absolute Gasteiger partial charge is 0.303 e. The number of nitrogens with zero attached hydrogens (tertiary/aromatic N) is 6. The van der Waals surface area contributed by atoms with Crippen LogP contribution in [0.25, 0.3) is 11.5 Å². The Kier molecular flexibility index (Phi) is 3.53. The number of ether oxygens (including phenoxy) is 1. The Hall–Kier alpha value is -2.84. The Morgan fingerprint density at radius 2 is 2.05 bits per heavy atom. The summed E-state index contributed by atoms with van der Waals surface area (Å²) in [5.41, 5.74) is 0.535. The van der Waals surface area contributed by atoms with Crippen LogP contribution < -0.4 is 4.90 Å². The Morgan fingerprint density at radius 1 is 1.23 bits per heavy atom. The quantitative estimate of drug-likeness (QED) is 0.721. The first kappa shape index (κ1) is 14.1. The van der Waals surface area contributed by atoms with Crippen molar-refractivity contribution >= 4 is 17.8 Å². The van der Waals surface area contributed by atoms with E-state index in [2.05, 4.69) is 20.2 Å². The topological polar surface area (TPSA) is 103 Å². The maximum Gasteiger partial charge on any atom is 0.303 e. The van der Waals surface area contributed by atoms with Crippen LogP contribution in [0, 0.1) is 0 Å². The van der Waals surface area contributed by atoms with Crippen LogP contribution in [-0.2, 0) is 20.9 Å². The SMILES string of the molecule is CC(=O)OC1CN(C(C)=O)c2nnc(-c3cnccn3)n2C1. The molecule has 1 atom stereocenters. The molecule has 0 bridgehead atoms. The van der Waals surface area contributed by atoms with Gasteiger partial charge in [-0.1, -0.05) is 0 Å². The average molecular weight is 302 g/mol. The van der Waals surface area contributed by atoms with Gasteiger partial charge in [-0.05, 0) is 0 Å². The van der Waals surface area contributed by atoms with E-state index in [0.29, 0.717) is 24.0 Å². The summed E-state index contributed by atoms with van der Waals surface area (Å²) in [4.78, 5) is 32.6. The monoisotopic (exact) mass is 302 g/mol. The zero-order valence-electron chi connectivity index (χ0n) is 12.1. The second-order valence-electron chi connectivity index (χ2n) is 4.89. The second kappa shape index (κ2) is 5.51. The zero-order valence-corrected chi connectivity index (χ0v) is 12.1. The van der Waals surface area contributed by atoms with Crippen molar-refractivity contribution in [2.75, 3.05) is 11.4 Å². The number of carbonyl (C=O) groups excluding carboxylic acids is 2. The van der Waals surface area contributed by atoms with Crippen molar-refractivity contribution in [3.63, 3.8) is 0 Å². The molecule has 9 heteroatoms. The lowest BCUT2D eigenvalue weighted by Gasteiger charge is -2.31. The lowest BCUT2D eigenvalue weighted by molar-refractivity contribution is -0.147. The van der Waals surface area contributed by atoms with Gasteiger partial charge in [-0.3, -0.25) is 24.0 Å². The molecule has 0 spiro atoms. The number of amides is 1. The van der Waals surface area contributed by atoms with Crippen LogP contribution in [-0.4, -0.2) is 49.3 Å². The van der Waals surface area contributed by atoms with E-state index in [4.69, 9.17) is 4.74 Å². The summed E-state index contributed by atoms with van der Waals surface area (Å²) in [6, 6.07) is 0. The van der Waals surface area contributed by atoms with E-state index in [1.807, 2.05) is 0 Å². The van der Waals surface area contributed by atoms with E-state index in [1.165, 1.54) is 18.7 Å². The van der Waals surface area contributed by atoms with Gasteiger partial charge in [0, 0.05) is 26.2 Å². The fraction of sp³-hybridized carbons (Fsp3) is 0.385. The molecule has 9 nitrogen and oxygen atoms in total. The minimum atomic E-state index is -0.458. The Bertz CT molecular complexity index is 714. The van der Waals surface area contributed by atoms with Gasteiger partial charge in [0.2, 0.25) is 11.9 Å². The van der Waals surface area contributed by atoms with Crippen LogP contribution in [0.5, 0.6) is 0 Å². The van der Waals surface area contributed by atoms with Crippen LogP contribution in [0.15, 0.2) is 18.6 Å². The van der Waals surface area contributed by atoms with Crippen molar-refractivity contribution in [1.29, 1.82) is 0 Å². The lowest BCUT2D eigenvalue weighted by atomic mass is 10.2. The van der Waals surface area contributed by atoms with E-state index in [0.717, 1.165) is 0 Å². The summed E-state index contributed by atoms with van der Waals surface area (Å²) in [7, 11) is 0. The molecule has 0 saturated heterocycles. The van der Waals surface area contributed by atoms with Crippen LogP contribution in [0.4, 0.5) is 5.95 Å². The maximum absolute atomic E-state index is 11.8. The van der Waals surface area contributed by atoms with Gasteiger partial charge in [-0.2, -0.15) is 0 Å². The van der Waals surface area contributed by atoms with Gasteiger partial charge in [-0.15, -0.1) is 10.2 Å². The molecule has 2 aromatic rings. The molecule has 1 unspecified atom stereocenters. The predicted octanol–water partition coefficient (Wildman–Crippen LogP) is 0.0333. The van der Waals surface area contributed by atoms with Crippen molar-refractivity contribution in [3.05, 3.63) is 18.6 Å². The van der Waals surface area contributed by atoms with Crippen LogP contribution >= 0.6 is 0 Å². The van der Waals surface area contributed by atoms with Gasteiger partial charge < -0.3 is 4.74 Å². The van der Waals surface area contributed by atoms with Crippen LogP contribution in [0.1, 0.15) is 13.8 Å². The Labute approximate surface area is 125 Å². The van der Waals surface area contributed by atoms with E-state index < -0.39 is 12.1 Å². The molecule has 0 N–H and O–H groups in total. The molecule has 0 aliphatic carbocycles. The van der Waals surface area contributed by atoms with Crippen molar-refractivity contribution in [3.8, 4) is 11.5 Å². The number of anilines is 1. The van der Waals surface area contributed by atoms with Crippen LogP contribution in [0.3, 0.4) is 0 Å². The fourth-order valence-corrected chi connectivity index (χ4v) is 2.39. The molecule has 0 saturated carbocycles. The number of carbonyl (C=O) groups is 2. The third-order valence-corrected chi connectivity index (χ3v) is 3.25. The maximum atomic E-state index is 11.8. The Balaban J connectivity index is 2.02. The second-order valence-corrected chi connectivity index (χ2v) is 4.89. The normalized spacial score (nSPS) is 17.0. The van der Waals surface area contributed by atoms with Crippen molar-refractivity contribution in [2.24, 2.45) is 0 Å². The summed E-state index contributed by atoms with van der Waals surface area (Å²) in [6.45, 7) is 3.38. The van der Waals surface area contributed by atoms with Crippen molar-refractivity contribution in [2.45, 2.75) is 26.5 Å². The van der Waals surface area contributed by atoms with Crippen molar-refractivity contribution in [1.82, 2.24) is 24.7 Å². The van der Waals surface area contributed by atoms with E-state index >= 15 is 0 Å². The molecule has 2 aromatic heterocycles. The minimum Gasteiger partial charge on any atom is -0.459 e. The molecular formula is C13H14N6O3. The number of rotatable bonds is 2. The number of fused-ring (bicyclic) bond motifs is 1. The molecule has 0 fully saturated rings. The van der Waals surface area contributed by atoms with E-state index in [1.54, 1.807) is 23.2 Å². The molecule has 114 valence electrons. The number of esters is 1. The zero-order chi connectivity index (χ0) is 15.7. The molecule has 0 radical (unpaired) electrons. The highest BCUT2D eigenvalue weighted by Crippen LogP contribution is 2.26. The number of hydrogen-bond donors (Lipinski definition) is 0. The molecular weight excluding hydrogens is 288 g/mol. The standard InChI is InChI=1S/C13H14N6O3/c1-8(20)18-6-10(22-9(2)21)7-19-12(16-17-13(18)19)11-5-14-3-4-15-11/h3-5,10H,6-7H2,1-2H3. The van der Waals surface area contributed by atoms with E-state index in [-0.39, 0.29) is 12.5 Å². The van der Waals surface area contributed by atoms with Gasteiger partial charge >= 0.3 is 5.97 Å². The highest BCUT2D eigenvalue weighted by molar-refractivity contribution is 5.90. The first-order valence-corrected chi connectivity index (χ1v) is 6.71. The number of hydrogen-bond acceptors (Lipinski definition) is 7. The average Bonchev–Trinajstić information content (AvgIpc) is 2.90. The van der Waals surface area contributed by atoms with Gasteiger partial charge in [0.1, 0.15) is 11.8 Å². The largest absolute Gasteiger partial charge is 0.459 e. The molecule has 1 aliphatic rings. The predicted molar refractivity (Wildman–Crippen MR) is 74.6 cm³/mol. The highest BCUT2D eigenvalue weighted by atomic mass is 16.5. The first-order chi connectivity index (χ1) is 10.6. The van der Waals surface area contributed by atoms with Crippen molar-refractivity contribution < 1.29 is 14.3 Å². The molecule has 1 amide bonds. The molecule has 3 rings (SSSR count). The fourth-order valence-electron chi connectivity index (χ4n) is 2.39. The third-order valence-electron chi connectivity index (χ3n) is 3.25. The van der Waals surface area contributed by atoms with Gasteiger partial charge in [0.25, 0.3) is 0 Å². The molecule has 22 heavy (non-hydrogen) atoms. The molecule has 1 aliphatic heterocycles. The highest BCUT2D eigenvalue weighted by Gasteiger charge is 2.32. The Morgan fingerprint density at radius 3 is 2.68 bits per heavy atom. The number of aromatic nitrogens is 5. The van der Waals surface area contributed by atoms with Crippen LogP contribution in [0.2, 0.25) is 0 Å². The summed E-state index contributed by atoms with van der Waals surface area (Å²) < 4.78 is 6.95. The van der Waals surface area contributed by atoms with Gasteiger partial charge in [-0.25, -0.2) is 4.98 Å². The van der Waals surface area contributed by atoms with Gasteiger partial charge in [0.05, 0.1) is 19.3 Å². The third kappa shape index (κ3) is 2.52. The van der Waals surface area contributed by atoms with Gasteiger partial charge in [0.15, 0.2) is 5.82 Å². The first-order valence-electron chi connectivity index (χ1n) is 6.71. The lowest BCUT2D eigenvalue weighted by Crippen LogP contribution is -2.45.